The van der Waals surface area contributed by atoms with Gasteiger partial charge in [-0.1, -0.05) is 6.92 Å². The van der Waals surface area contributed by atoms with Gasteiger partial charge in [-0.3, -0.25) is 0 Å². The molecule has 5 nitrogen and oxygen atoms in total. The first kappa shape index (κ1) is 14.2. The molecule has 0 spiro atoms. The predicted molar refractivity (Wildman–Crippen MR) is 70.9 cm³/mol. The minimum absolute atomic E-state index is 0.102. The first-order valence-electron chi connectivity index (χ1n) is 6.75. The molecule has 0 amide bonds. The lowest BCUT2D eigenvalue weighted by Gasteiger charge is -2.34. The first-order chi connectivity index (χ1) is 8.49. The summed E-state index contributed by atoms with van der Waals surface area (Å²) in [5, 5.41) is 3.30. The van der Waals surface area contributed by atoms with Gasteiger partial charge in [0.2, 0.25) is 10.0 Å². The lowest BCUT2D eigenvalue weighted by molar-refractivity contribution is 0.188. The van der Waals surface area contributed by atoms with E-state index >= 15 is 0 Å². The molecule has 0 aliphatic carbocycles. The highest BCUT2D eigenvalue weighted by molar-refractivity contribution is 7.89. The standard InChI is InChI=1S/C12H24N2O3S/c1-12(3-5-13-6-4-12)10-14-18(15,16)9-11-2-7-17-8-11/h11,13-14H,2-10H2,1H3. The summed E-state index contributed by atoms with van der Waals surface area (Å²) in [5.41, 5.74) is 0.102. The molecular formula is C12H24N2O3S. The number of piperidine rings is 1. The monoisotopic (exact) mass is 276 g/mol. The van der Waals surface area contributed by atoms with Crippen molar-refractivity contribution in [1.29, 1.82) is 0 Å². The molecule has 2 heterocycles. The first-order valence-corrected chi connectivity index (χ1v) is 8.40. The molecule has 1 atom stereocenters. The Labute approximate surface area is 110 Å². The van der Waals surface area contributed by atoms with Crippen LogP contribution in [0.3, 0.4) is 0 Å². The van der Waals surface area contributed by atoms with Gasteiger partial charge in [-0.15, -0.1) is 0 Å². The zero-order chi connectivity index (χ0) is 13.1. The molecule has 2 aliphatic heterocycles. The minimum atomic E-state index is -3.15. The van der Waals surface area contributed by atoms with E-state index in [0.29, 0.717) is 19.8 Å². The molecule has 0 aromatic carbocycles. The molecule has 106 valence electrons. The fourth-order valence-electron chi connectivity index (χ4n) is 2.58. The van der Waals surface area contributed by atoms with E-state index in [-0.39, 0.29) is 17.1 Å². The predicted octanol–water partition coefficient (Wildman–Crippen LogP) is 0.332. The molecule has 18 heavy (non-hydrogen) atoms. The van der Waals surface area contributed by atoms with Crippen molar-refractivity contribution < 1.29 is 13.2 Å². The van der Waals surface area contributed by atoms with E-state index in [1.165, 1.54) is 0 Å². The van der Waals surface area contributed by atoms with E-state index in [2.05, 4.69) is 17.0 Å². The summed E-state index contributed by atoms with van der Waals surface area (Å²) < 4.78 is 32.0. The number of hydrogen-bond donors (Lipinski definition) is 2. The summed E-state index contributed by atoms with van der Waals surface area (Å²) >= 11 is 0. The van der Waals surface area contributed by atoms with Crippen LogP contribution in [0.5, 0.6) is 0 Å². The summed E-state index contributed by atoms with van der Waals surface area (Å²) in [4.78, 5) is 0. The van der Waals surface area contributed by atoms with Crippen LogP contribution in [-0.2, 0) is 14.8 Å². The van der Waals surface area contributed by atoms with Crippen molar-refractivity contribution in [1.82, 2.24) is 10.0 Å². The number of nitrogens with one attached hydrogen (secondary N) is 2. The van der Waals surface area contributed by atoms with Gasteiger partial charge in [-0.05, 0) is 43.7 Å². The Kier molecular flexibility index (Phi) is 4.64. The van der Waals surface area contributed by atoms with Crippen molar-refractivity contribution in [2.75, 3.05) is 38.6 Å². The van der Waals surface area contributed by atoms with Crippen LogP contribution in [0.4, 0.5) is 0 Å². The SMILES string of the molecule is CC1(CNS(=O)(=O)CC2CCOC2)CCNCC1. The largest absolute Gasteiger partial charge is 0.381 e. The van der Waals surface area contributed by atoms with E-state index in [1.807, 2.05) is 0 Å². The summed E-state index contributed by atoms with van der Waals surface area (Å²) in [5.74, 6) is 0.379. The van der Waals surface area contributed by atoms with Gasteiger partial charge >= 0.3 is 0 Å². The van der Waals surface area contributed by atoms with Crippen LogP contribution in [0, 0.1) is 11.3 Å². The van der Waals surface area contributed by atoms with Gasteiger partial charge in [-0.25, -0.2) is 13.1 Å². The van der Waals surface area contributed by atoms with E-state index in [4.69, 9.17) is 4.74 Å². The minimum Gasteiger partial charge on any atom is -0.381 e. The van der Waals surface area contributed by atoms with Crippen LogP contribution in [0.15, 0.2) is 0 Å². The van der Waals surface area contributed by atoms with Gasteiger partial charge in [-0.2, -0.15) is 0 Å². The smallest absolute Gasteiger partial charge is 0.211 e. The van der Waals surface area contributed by atoms with E-state index in [9.17, 15) is 8.42 Å². The van der Waals surface area contributed by atoms with Crippen LogP contribution in [0.2, 0.25) is 0 Å². The third-order valence-corrected chi connectivity index (χ3v) is 5.50. The Morgan fingerprint density at radius 2 is 2.11 bits per heavy atom. The fourth-order valence-corrected chi connectivity index (χ4v) is 4.15. The van der Waals surface area contributed by atoms with Crippen LogP contribution in [0.1, 0.15) is 26.2 Å². The second-order valence-corrected chi connectivity index (χ2v) is 7.74. The summed E-state index contributed by atoms with van der Waals surface area (Å²) in [6.07, 6.45) is 2.92. The molecule has 0 saturated carbocycles. The summed E-state index contributed by atoms with van der Waals surface area (Å²) in [6, 6.07) is 0. The van der Waals surface area contributed by atoms with Crippen molar-refractivity contribution in [2.24, 2.45) is 11.3 Å². The highest BCUT2D eigenvalue weighted by atomic mass is 32.2. The van der Waals surface area contributed by atoms with Crippen molar-refractivity contribution in [2.45, 2.75) is 26.2 Å². The molecule has 2 N–H and O–H groups in total. The van der Waals surface area contributed by atoms with Crippen molar-refractivity contribution in [3.63, 3.8) is 0 Å². The van der Waals surface area contributed by atoms with Crippen LogP contribution in [0.25, 0.3) is 0 Å². The second-order valence-electron chi connectivity index (χ2n) is 5.89. The van der Waals surface area contributed by atoms with Crippen LogP contribution < -0.4 is 10.0 Å². The Morgan fingerprint density at radius 3 is 2.72 bits per heavy atom. The highest BCUT2D eigenvalue weighted by Crippen LogP contribution is 2.27. The molecule has 0 aromatic rings. The van der Waals surface area contributed by atoms with Gasteiger partial charge in [0.15, 0.2) is 0 Å². The molecular weight excluding hydrogens is 252 g/mol. The van der Waals surface area contributed by atoms with Gasteiger partial charge in [0.1, 0.15) is 0 Å². The average molecular weight is 276 g/mol. The second kappa shape index (κ2) is 5.86. The zero-order valence-corrected chi connectivity index (χ0v) is 11.9. The topological polar surface area (TPSA) is 67.4 Å². The van der Waals surface area contributed by atoms with Gasteiger partial charge in [0, 0.05) is 13.2 Å². The summed E-state index contributed by atoms with van der Waals surface area (Å²) in [7, 11) is -3.15. The van der Waals surface area contributed by atoms with Crippen molar-refractivity contribution in [3.05, 3.63) is 0 Å². The molecule has 0 aromatic heterocycles. The molecule has 0 radical (unpaired) electrons. The number of hydrogen-bond acceptors (Lipinski definition) is 4. The molecule has 2 aliphatic rings. The molecule has 2 saturated heterocycles. The zero-order valence-electron chi connectivity index (χ0n) is 11.1. The van der Waals surface area contributed by atoms with Gasteiger partial charge in [0.05, 0.1) is 12.4 Å². The molecule has 2 fully saturated rings. The Morgan fingerprint density at radius 1 is 1.39 bits per heavy atom. The summed E-state index contributed by atoms with van der Waals surface area (Å²) in [6.45, 7) is 5.97. The lowest BCUT2D eigenvalue weighted by Crippen LogP contribution is -2.43. The van der Waals surface area contributed by atoms with Crippen molar-refractivity contribution >= 4 is 10.0 Å². The highest BCUT2D eigenvalue weighted by Gasteiger charge is 2.29. The maximum absolute atomic E-state index is 12.0. The maximum atomic E-state index is 12.0. The van der Waals surface area contributed by atoms with E-state index in [0.717, 1.165) is 32.4 Å². The van der Waals surface area contributed by atoms with Crippen LogP contribution >= 0.6 is 0 Å². The number of sulfonamides is 1. The quantitative estimate of drug-likeness (QED) is 0.759. The van der Waals surface area contributed by atoms with Gasteiger partial charge in [0.25, 0.3) is 0 Å². The third kappa shape index (κ3) is 4.19. The van der Waals surface area contributed by atoms with Gasteiger partial charge < -0.3 is 10.1 Å². The molecule has 0 bridgehead atoms. The Bertz CT molecular complexity index is 358. The Balaban J connectivity index is 1.80. The van der Waals surface area contributed by atoms with E-state index < -0.39 is 10.0 Å². The third-order valence-electron chi connectivity index (χ3n) is 4.01. The van der Waals surface area contributed by atoms with E-state index in [1.54, 1.807) is 0 Å². The lowest BCUT2D eigenvalue weighted by atomic mass is 9.81. The van der Waals surface area contributed by atoms with Crippen molar-refractivity contribution in [3.8, 4) is 0 Å². The van der Waals surface area contributed by atoms with Crippen LogP contribution in [-0.4, -0.2) is 47.0 Å². The number of rotatable bonds is 5. The Hall–Kier alpha value is -0.170. The average Bonchev–Trinajstić information content (AvgIpc) is 2.80. The molecule has 6 heteroatoms. The maximum Gasteiger partial charge on any atom is 0.211 e. The molecule has 2 rings (SSSR count). The number of ether oxygens (including phenoxy) is 1. The fraction of sp³-hybridized carbons (Fsp3) is 1.00. The molecule has 1 unspecified atom stereocenters. The normalized spacial score (nSPS) is 28.4.